The van der Waals surface area contributed by atoms with E-state index in [9.17, 15) is 4.79 Å². The van der Waals surface area contributed by atoms with E-state index in [2.05, 4.69) is 54.6 Å². The van der Waals surface area contributed by atoms with Crippen LogP contribution in [0, 0.1) is 12.8 Å². The Hall–Kier alpha value is -3.13. The van der Waals surface area contributed by atoms with Gasteiger partial charge in [-0.1, -0.05) is 77.9 Å². The maximum atomic E-state index is 10.3. The summed E-state index contributed by atoms with van der Waals surface area (Å²) in [6.07, 6.45) is 6.05. The summed E-state index contributed by atoms with van der Waals surface area (Å²) in [6.45, 7) is 1.92. The third-order valence-electron chi connectivity index (χ3n) is 5.66. The van der Waals surface area contributed by atoms with Gasteiger partial charge in [0.15, 0.2) is 0 Å². The molecule has 0 atom stereocenters. The minimum atomic E-state index is -0.875. The third-order valence-corrected chi connectivity index (χ3v) is 5.66. The van der Waals surface area contributed by atoms with Gasteiger partial charge in [0.1, 0.15) is 0 Å². The van der Waals surface area contributed by atoms with E-state index in [0.717, 1.165) is 17.9 Å². The summed E-state index contributed by atoms with van der Waals surface area (Å²) in [5.41, 5.74) is 9.09. The summed E-state index contributed by atoms with van der Waals surface area (Å²) in [4.78, 5) is 10.3. The van der Waals surface area contributed by atoms with E-state index in [1.807, 2.05) is 6.92 Å². The van der Waals surface area contributed by atoms with Gasteiger partial charge in [-0.15, -0.1) is 0 Å². The van der Waals surface area contributed by atoms with E-state index in [-0.39, 0.29) is 0 Å². The fourth-order valence-electron chi connectivity index (χ4n) is 4.09. The van der Waals surface area contributed by atoms with Crippen molar-refractivity contribution in [3.05, 3.63) is 112 Å². The molecule has 3 aromatic rings. The van der Waals surface area contributed by atoms with Gasteiger partial charge in [-0.05, 0) is 66.5 Å². The van der Waals surface area contributed by atoms with Gasteiger partial charge in [0, 0.05) is 0 Å². The highest BCUT2D eigenvalue weighted by Crippen LogP contribution is 2.37. The quantitative estimate of drug-likeness (QED) is 0.627. The standard InChI is InChI=1S/C18H16.C8H8O2/c1-2-6-14-10-17(9-13(14)5-1)18-11-15-7-3-4-8-16(15)12-18;1-6-2-4-7(5-3-6)8(9)10/h1-9,18H,10-12H2;2-5H,1H3,(H,9,10). The first-order valence-electron chi connectivity index (χ1n) is 9.75. The highest BCUT2D eigenvalue weighted by Gasteiger charge is 2.26. The molecule has 0 fully saturated rings. The second-order valence-electron chi connectivity index (χ2n) is 7.64. The summed E-state index contributed by atoms with van der Waals surface area (Å²) < 4.78 is 0. The lowest BCUT2D eigenvalue weighted by Gasteiger charge is -2.10. The Morgan fingerprint density at radius 2 is 1.39 bits per heavy atom. The lowest BCUT2D eigenvalue weighted by Crippen LogP contribution is -2.03. The van der Waals surface area contributed by atoms with Gasteiger partial charge in [0.2, 0.25) is 0 Å². The molecule has 0 amide bonds. The van der Waals surface area contributed by atoms with Crippen LogP contribution in [-0.2, 0) is 19.3 Å². The van der Waals surface area contributed by atoms with Gasteiger partial charge in [-0.2, -0.15) is 0 Å². The summed E-state index contributed by atoms with van der Waals surface area (Å²) >= 11 is 0. The van der Waals surface area contributed by atoms with Crippen LogP contribution in [0.15, 0.2) is 78.4 Å². The Labute approximate surface area is 166 Å². The van der Waals surface area contributed by atoms with E-state index in [1.54, 1.807) is 41.0 Å². The van der Waals surface area contributed by atoms with Crippen LogP contribution in [0.25, 0.3) is 6.08 Å². The van der Waals surface area contributed by atoms with Crippen molar-refractivity contribution in [1.29, 1.82) is 0 Å². The normalized spacial score (nSPS) is 14.5. The molecule has 0 unspecified atom stereocenters. The van der Waals surface area contributed by atoms with Crippen molar-refractivity contribution >= 4 is 12.0 Å². The molecule has 0 spiro atoms. The van der Waals surface area contributed by atoms with Crippen molar-refractivity contribution in [1.82, 2.24) is 0 Å². The molecule has 0 heterocycles. The van der Waals surface area contributed by atoms with Gasteiger partial charge in [0.25, 0.3) is 0 Å². The van der Waals surface area contributed by atoms with Gasteiger partial charge in [-0.25, -0.2) is 4.79 Å². The monoisotopic (exact) mass is 368 g/mol. The zero-order chi connectivity index (χ0) is 19.5. The molecule has 2 aliphatic carbocycles. The first kappa shape index (κ1) is 18.2. The molecule has 3 aromatic carbocycles. The fourth-order valence-corrected chi connectivity index (χ4v) is 4.09. The van der Waals surface area contributed by atoms with Crippen molar-refractivity contribution in [3.63, 3.8) is 0 Å². The maximum absolute atomic E-state index is 10.3. The Kier molecular flexibility index (Phi) is 5.12. The van der Waals surface area contributed by atoms with Gasteiger partial charge >= 0.3 is 5.97 Å². The Bertz CT molecular complexity index is 1000. The molecule has 0 bridgehead atoms. The van der Waals surface area contributed by atoms with Crippen molar-refractivity contribution in [2.75, 3.05) is 0 Å². The molecule has 5 rings (SSSR count). The van der Waals surface area contributed by atoms with Crippen LogP contribution in [0.3, 0.4) is 0 Å². The molecule has 1 N–H and O–H groups in total. The van der Waals surface area contributed by atoms with Gasteiger partial charge < -0.3 is 5.11 Å². The summed E-state index contributed by atoms with van der Waals surface area (Å²) in [6, 6.07) is 24.5. The number of aryl methyl sites for hydroxylation is 1. The number of carbonyl (C=O) groups is 1. The zero-order valence-corrected chi connectivity index (χ0v) is 16.1. The van der Waals surface area contributed by atoms with E-state index in [1.165, 1.54) is 24.0 Å². The molecule has 0 saturated carbocycles. The Balaban J connectivity index is 0.000000165. The third kappa shape index (κ3) is 3.91. The zero-order valence-electron chi connectivity index (χ0n) is 16.1. The molecule has 140 valence electrons. The Morgan fingerprint density at radius 1 is 0.821 bits per heavy atom. The molecular formula is C26H24O2. The first-order chi connectivity index (χ1) is 13.6. The van der Waals surface area contributed by atoms with E-state index in [4.69, 9.17) is 5.11 Å². The number of rotatable bonds is 2. The number of fused-ring (bicyclic) bond motifs is 2. The maximum Gasteiger partial charge on any atom is 0.335 e. The van der Waals surface area contributed by atoms with Crippen molar-refractivity contribution in [2.45, 2.75) is 26.2 Å². The molecule has 0 saturated heterocycles. The Morgan fingerprint density at radius 3 is 1.96 bits per heavy atom. The fraction of sp³-hybridized carbons (Fsp3) is 0.192. The second kappa shape index (κ2) is 7.85. The molecule has 2 heteroatoms. The number of benzene rings is 3. The summed E-state index contributed by atoms with van der Waals surface area (Å²) in [7, 11) is 0. The van der Waals surface area contributed by atoms with E-state index < -0.39 is 5.97 Å². The lowest BCUT2D eigenvalue weighted by atomic mass is 9.94. The van der Waals surface area contributed by atoms with Crippen LogP contribution >= 0.6 is 0 Å². The number of aromatic carboxylic acids is 1. The lowest BCUT2D eigenvalue weighted by molar-refractivity contribution is 0.0697. The van der Waals surface area contributed by atoms with Crippen LogP contribution in [0.5, 0.6) is 0 Å². The molecule has 0 radical (unpaired) electrons. The average molecular weight is 368 g/mol. The largest absolute Gasteiger partial charge is 0.478 e. The van der Waals surface area contributed by atoms with Gasteiger partial charge in [-0.3, -0.25) is 0 Å². The SMILES string of the molecule is C1=C(C2Cc3ccccc3C2)Cc2ccccc21.Cc1ccc(C(=O)O)cc1. The van der Waals surface area contributed by atoms with Crippen LogP contribution < -0.4 is 0 Å². The van der Waals surface area contributed by atoms with Crippen LogP contribution in [-0.4, -0.2) is 11.1 Å². The van der Waals surface area contributed by atoms with Crippen LogP contribution in [0.4, 0.5) is 0 Å². The number of hydrogen-bond acceptors (Lipinski definition) is 1. The molecule has 28 heavy (non-hydrogen) atoms. The number of allylic oxidation sites excluding steroid dienone is 1. The molecular weight excluding hydrogens is 344 g/mol. The summed E-state index contributed by atoms with van der Waals surface area (Å²) in [5, 5.41) is 8.48. The summed E-state index contributed by atoms with van der Waals surface area (Å²) in [5.74, 6) is -0.144. The van der Waals surface area contributed by atoms with Crippen LogP contribution in [0.1, 0.15) is 38.2 Å². The van der Waals surface area contributed by atoms with E-state index in [0.29, 0.717) is 5.56 Å². The number of carboxylic acids is 1. The molecule has 0 aliphatic heterocycles. The predicted octanol–water partition coefficient (Wildman–Crippen LogP) is 5.73. The number of carboxylic acid groups (broad SMARTS) is 1. The molecule has 0 aromatic heterocycles. The minimum Gasteiger partial charge on any atom is -0.478 e. The molecule has 2 aliphatic rings. The second-order valence-corrected chi connectivity index (χ2v) is 7.64. The van der Waals surface area contributed by atoms with Gasteiger partial charge in [0.05, 0.1) is 5.56 Å². The van der Waals surface area contributed by atoms with Crippen molar-refractivity contribution in [3.8, 4) is 0 Å². The molecule has 2 nitrogen and oxygen atoms in total. The first-order valence-corrected chi connectivity index (χ1v) is 9.75. The van der Waals surface area contributed by atoms with Crippen molar-refractivity contribution in [2.24, 2.45) is 5.92 Å². The predicted molar refractivity (Wildman–Crippen MR) is 114 cm³/mol. The average Bonchev–Trinajstić information content (AvgIpc) is 3.32. The number of hydrogen-bond donors (Lipinski definition) is 1. The van der Waals surface area contributed by atoms with E-state index >= 15 is 0 Å². The van der Waals surface area contributed by atoms with Crippen LogP contribution in [0.2, 0.25) is 0 Å². The van der Waals surface area contributed by atoms with Crippen molar-refractivity contribution < 1.29 is 9.90 Å². The topological polar surface area (TPSA) is 37.3 Å². The minimum absolute atomic E-state index is 0.339. The highest BCUT2D eigenvalue weighted by atomic mass is 16.4. The smallest absolute Gasteiger partial charge is 0.335 e. The highest BCUT2D eigenvalue weighted by molar-refractivity contribution is 5.87.